The van der Waals surface area contributed by atoms with Gasteiger partial charge in [0, 0.05) is 57.5 Å². The van der Waals surface area contributed by atoms with Crippen molar-refractivity contribution in [1.82, 2.24) is 25.5 Å². The molecule has 2 amide bonds. The number of hydrogen-bond donors (Lipinski definition) is 2. The van der Waals surface area contributed by atoms with Crippen molar-refractivity contribution in [3.63, 3.8) is 0 Å². The topological polar surface area (TPSA) is 88.6 Å². The van der Waals surface area contributed by atoms with Gasteiger partial charge >= 0.3 is 6.03 Å². The molecule has 1 aromatic carbocycles. The first-order chi connectivity index (χ1) is 14.7. The zero-order chi connectivity index (χ0) is 21.2. The van der Waals surface area contributed by atoms with E-state index in [0.29, 0.717) is 26.2 Å². The van der Waals surface area contributed by atoms with E-state index in [9.17, 15) is 4.79 Å². The van der Waals surface area contributed by atoms with Gasteiger partial charge < -0.3 is 25.0 Å². The van der Waals surface area contributed by atoms with Crippen LogP contribution in [0.25, 0.3) is 11.3 Å². The van der Waals surface area contributed by atoms with E-state index < -0.39 is 0 Å². The fourth-order valence-electron chi connectivity index (χ4n) is 3.50. The molecule has 3 rings (SSSR count). The van der Waals surface area contributed by atoms with E-state index in [1.165, 1.54) is 0 Å². The van der Waals surface area contributed by atoms with E-state index in [1.54, 1.807) is 14.2 Å². The molecule has 1 saturated heterocycles. The average molecular weight is 414 g/mol. The second-order valence-corrected chi connectivity index (χ2v) is 7.26. The SMILES string of the molecule is COCCNCCNC(=O)N1CCC(c2nccc(-c3ccc(OC)cc3)n2)CC1. The number of carbonyl (C=O) groups is 1. The molecule has 8 nitrogen and oxygen atoms in total. The van der Waals surface area contributed by atoms with Crippen molar-refractivity contribution in [3.8, 4) is 17.0 Å². The lowest BCUT2D eigenvalue weighted by molar-refractivity contribution is 0.180. The third kappa shape index (κ3) is 6.14. The fraction of sp³-hybridized carbons (Fsp3) is 0.500. The molecule has 0 saturated carbocycles. The third-order valence-electron chi connectivity index (χ3n) is 5.27. The lowest BCUT2D eigenvalue weighted by atomic mass is 9.96. The Bertz CT molecular complexity index is 792. The number of nitrogens with zero attached hydrogens (tertiary/aromatic N) is 3. The van der Waals surface area contributed by atoms with Gasteiger partial charge in [0.1, 0.15) is 11.6 Å². The number of piperidine rings is 1. The molecule has 0 radical (unpaired) electrons. The highest BCUT2D eigenvalue weighted by Crippen LogP contribution is 2.27. The first-order valence-corrected chi connectivity index (χ1v) is 10.4. The smallest absolute Gasteiger partial charge is 0.317 e. The Morgan fingerprint density at radius 3 is 2.57 bits per heavy atom. The number of hydrogen-bond acceptors (Lipinski definition) is 6. The molecule has 0 spiro atoms. The van der Waals surface area contributed by atoms with E-state index >= 15 is 0 Å². The maximum Gasteiger partial charge on any atom is 0.317 e. The zero-order valence-corrected chi connectivity index (χ0v) is 17.8. The van der Waals surface area contributed by atoms with Gasteiger partial charge in [0.25, 0.3) is 0 Å². The highest BCUT2D eigenvalue weighted by Gasteiger charge is 2.25. The molecular weight excluding hydrogens is 382 g/mol. The average Bonchev–Trinajstić information content (AvgIpc) is 2.81. The first-order valence-electron chi connectivity index (χ1n) is 10.4. The molecule has 2 heterocycles. The molecule has 0 bridgehead atoms. The molecule has 2 aromatic rings. The Labute approximate surface area is 178 Å². The van der Waals surface area contributed by atoms with Gasteiger partial charge in [0.2, 0.25) is 0 Å². The Morgan fingerprint density at radius 2 is 1.87 bits per heavy atom. The van der Waals surface area contributed by atoms with E-state index in [0.717, 1.165) is 48.8 Å². The van der Waals surface area contributed by atoms with Crippen molar-refractivity contribution < 1.29 is 14.3 Å². The van der Waals surface area contributed by atoms with Gasteiger partial charge in [-0.25, -0.2) is 14.8 Å². The molecule has 30 heavy (non-hydrogen) atoms. The summed E-state index contributed by atoms with van der Waals surface area (Å²) >= 11 is 0. The highest BCUT2D eigenvalue weighted by molar-refractivity contribution is 5.74. The number of ether oxygens (including phenoxy) is 2. The monoisotopic (exact) mass is 413 g/mol. The number of nitrogens with one attached hydrogen (secondary N) is 2. The second kappa shape index (κ2) is 11.5. The molecule has 2 N–H and O–H groups in total. The largest absolute Gasteiger partial charge is 0.497 e. The van der Waals surface area contributed by atoms with Crippen LogP contribution in [0.1, 0.15) is 24.6 Å². The van der Waals surface area contributed by atoms with Crippen molar-refractivity contribution in [2.24, 2.45) is 0 Å². The van der Waals surface area contributed by atoms with Crippen LogP contribution in [0.4, 0.5) is 4.79 Å². The van der Waals surface area contributed by atoms with Crippen LogP contribution in [0.5, 0.6) is 5.75 Å². The number of carbonyl (C=O) groups excluding carboxylic acids is 1. The zero-order valence-electron chi connectivity index (χ0n) is 17.8. The molecule has 162 valence electrons. The van der Waals surface area contributed by atoms with Crippen LogP contribution in [-0.2, 0) is 4.74 Å². The van der Waals surface area contributed by atoms with Crippen molar-refractivity contribution >= 4 is 6.03 Å². The van der Waals surface area contributed by atoms with E-state index in [4.69, 9.17) is 14.5 Å². The minimum Gasteiger partial charge on any atom is -0.497 e. The standard InChI is InChI=1S/C22H31N5O3/c1-29-16-13-23-11-12-25-22(28)27-14-8-18(9-15-27)21-24-10-7-20(26-21)17-3-5-19(30-2)6-4-17/h3-7,10,18,23H,8-9,11-16H2,1-2H3,(H,25,28). The van der Waals surface area contributed by atoms with Crippen LogP contribution in [0, 0.1) is 0 Å². The Hall–Kier alpha value is -2.71. The fourth-order valence-corrected chi connectivity index (χ4v) is 3.50. The number of rotatable bonds is 9. The van der Waals surface area contributed by atoms with Crippen LogP contribution in [0.2, 0.25) is 0 Å². The Kier molecular flexibility index (Phi) is 8.41. The van der Waals surface area contributed by atoms with Gasteiger partial charge in [-0.2, -0.15) is 0 Å². The Morgan fingerprint density at radius 1 is 1.10 bits per heavy atom. The predicted molar refractivity (Wildman–Crippen MR) is 116 cm³/mol. The molecule has 1 fully saturated rings. The number of methoxy groups -OCH3 is 2. The first kappa shape index (κ1) is 22.0. The molecule has 1 aliphatic heterocycles. The summed E-state index contributed by atoms with van der Waals surface area (Å²) in [5, 5.41) is 6.18. The predicted octanol–water partition coefficient (Wildman–Crippen LogP) is 2.28. The number of urea groups is 1. The second-order valence-electron chi connectivity index (χ2n) is 7.26. The van der Waals surface area contributed by atoms with Gasteiger partial charge in [0.15, 0.2) is 0 Å². The molecule has 1 aromatic heterocycles. The van der Waals surface area contributed by atoms with E-state index in [1.807, 2.05) is 41.4 Å². The van der Waals surface area contributed by atoms with Crippen molar-refractivity contribution in [3.05, 3.63) is 42.4 Å². The summed E-state index contributed by atoms with van der Waals surface area (Å²) in [6.45, 7) is 4.22. The van der Waals surface area contributed by atoms with Crippen LogP contribution in [0.3, 0.4) is 0 Å². The van der Waals surface area contributed by atoms with Crippen LogP contribution in [0.15, 0.2) is 36.5 Å². The molecule has 0 unspecified atom stereocenters. The van der Waals surface area contributed by atoms with Crippen molar-refractivity contribution in [1.29, 1.82) is 0 Å². The van der Waals surface area contributed by atoms with Gasteiger partial charge in [-0.15, -0.1) is 0 Å². The quantitative estimate of drug-likeness (QED) is 0.613. The minimum atomic E-state index is -0.00473. The van der Waals surface area contributed by atoms with Crippen LogP contribution < -0.4 is 15.4 Å². The number of likely N-dealkylation sites (tertiary alicyclic amines) is 1. The summed E-state index contributed by atoms with van der Waals surface area (Å²) in [5.41, 5.74) is 1.94. The van der Waals surface area contributed by atoms with Crippen molar-refractivity contribution in [2.45, 2.75) is 18.8 Å². The molecule has 1 aliphatic rings. The number of aromatic nitrogens is 2. The summed E-state index contributed by atoms with van der Waals surface area (Å²) in [6, 6.07) is 9.79. The lowest BCUT2D eigenvalue weighted by Crippen LogP contribution is -2.46. The molecule has 0 atom stereocenters. The van der Waals surface area contributed by atoms with Gasteiger partial charge in [0.05, 0.1) is 19.4 Å². The van der Waals surface area contributed by atoms with Crippen LogP contribution >= 0.6 is 0 Å². The maximum atomic E-state index is 12.3. The molecule has 0 aliphatic carbocycles. The maximum absolute atomic E-state index is 12.3. The normalized spacial score (nSPS) is 14.5. The molecular formula is C22H31N5O3. The third-order valence-corrected chi connectivity index (χ3v) is 5.27. The van der Waals surface area contributed by atoms with Gasteiger partial charge in [-0.1, -0.05) is 0 Å². The lowest BCUT2D eigenvalue weighted by Gasteiger charge is -2.31. The molecule has 8 heteroatoms. The van der Waals surface area contributed by atoms with Gasteiger partial charge in [-0.05, 0) is 43.2 Å². The van der Waals surface area contributed by atoms with E-state index in [-0.39, 0.29) is 11.9 Å². The number of benzene rings is 1. The summed E-state index contributed by atoms with van der Waals surface area (Å²) < 4.78 is 10.2. The summed E-state index contributed by atoms with van der Waals surface area (Å²) in [6.07, 6.45) is 3.55. The summed E-state index contributed by atoms with van der Waals surface area (Å²) in [4.78, 5) is 23.5. The van der Waals surface area contributed by atoms with E-state index in [2.05, 4.69) is 15.6 Å². The minimum absolute atomic E-state index is 0.00473. The number of amides is 2. The van der Waals surface area contributed by atoms with Gasteiger partial charge in [-0.3, -0.25) is 0 Å². The summed E-state index contributed by atoms with van der Waals surface area (Å²) in [7, 11) is 3.33. The highest BCUT2D eigenvalue weighted by atomic mass is 16.5. The Balaban J connectivity index is 1.48. The summed E-state index contributed by atoms with van der Waals surface area (Å²) in [5.74, 6) is 1.94. The van der Waals surface area contributed by atoms with Crippen LogP contribution in [-0.4, -0.2) is 74.4 Å². The van der Waals surface area contributed by atoms with Crippen molar-refractivity contribution in [2.75, 3.05) is 53.6 Å².